The molecule has 0 aromatic heterocycles. The number of amides is 2. The van der Waals surface area contributed by atoms with E-state index in [2.05, 4.69) is 0 Å². The van der Waals surface area contributed by atoms with Crippen molar-refractivity contribution in [2.45, 2.75) is 38.2 Å². The molecule has 0 aliphatic carbocycles. The van der Waals surface area contributed by atoms with Crippen LogP contribution < -0.4 is 0 Å². The molecule has 1 aromatic carbocycles. The van der Waals surface area contributed by atoms with Gasteiger partial charge < -0.3 is 20.0 Å². The van der Waals surface area contributed by atoms with Gasteiger partial charge in [0.25, 0.3) is 0 Å². The van der Waals surface area contributed by atoms with Gasteiger partial charge in [0, 0.05) is 37.4 Å². The molecule has 2 saturated heterocycles. The Morgan fingerprint density at radius 2 is 1.96 bits per heavy atom. The molecule has 0 spiro atoms. The van der Waals surface area contributed by atoms with E-state index in [0.29, 0.717) is 25.9 Å². The number of carbonyl (C=O) groups excluding carboxylic acids is 1. The predicted molar refractivity (Wildman–Crippen MR) is 93.3 cm³/mol. The number of nitrogens with zero attached hydrogens (tertiary/aromatic N) is 2. The van der Waals surface area contributed by atoms with Gasteiger partial charge in [-0.15, -0.1) is 0 Å². The molecule has 2 aliphatic heterocycles. The van der Waals surface area contributed by atoms with Gasteiger partial charge in [-0.1, -0.05) is 44.2 Å². The summed E-state index contributed by atoms with van der Waals surface area (Å²) < 4.78 is 0. The zero-order valence-electron chi connectivity index (χ0n) is 14.8. The van der Waals surface area contributed by atoms with Gasteiger partial charge in [-0.3, -0.25) is 4.79 Å². The molecule has 0 radical (unpaired) electrons. The summed E-state index contributed by atoms with van der Waals surface area (Å²) in [5.41, 5.74) is -0.556. The number of carbonyl (C=O) groups is 2. The smallest absolute Gasteiger partial charge is 0.407 e. The van der Waals surface area contributed by atoms with Gasteiger partial charge in [-0.05, 0) is 12.0 Å². The first-order valence-corrected chi connectivity index (χ1v) is 8.75. The summed E-state index contributed by atoms with van der Waals surface area (Å²) in [6, 6.07) is 9.97. The number of hydrogen-bond donors (Lipinski definition) is 2. The highest BCUT2D eigenvalue weighted by molar-refractivity contribution is 5.80. The minimum absolute atomic E-state index is 0.0544. The Balaban J connectivity index is 1.71. The number of carboxylic acid groups (broad SMARTS) is 1. The molecule has 2 atom stereocenters. The van der Waals surface area contributed by atoms with E-state index in [1.165, 1.54) is 4.90 Å². The molecule has 0 saturated carbocycles. The summed E-state index contributed by atoms with van der Waals surface area (Å²) in [5.74, 6) is 0.207. The highest BCUT2D eigenvalue weighted by Crippen LogP contribution is 2.40. The predicted octanol–water partition coefficient (Wildman–Crippen LogP) is 2.14. The summed E-state index contributed by atoms with van der Waals surface area (Å²) in [6.07, 6.45) is -0.162. The number of likely N-dealkylation sites (tertiary alicyclic amines) is 2. The van der Waals surface area contributed by atoms with Crippen LogP contribution in [0, 0.1) is 5.41 Å². The number of aliphatic hydroxyl groups is 1. The molecule has 6 heteroatoms. The van der Waals surface area contributed by atoms with Crippen LogP contribution in [-0.2, 0) is 4.79 Å². The first-order valence-electron chi connectivity index (χ1n) is 8.75. The van der Waals surface area contributed by atoms with Crippen molar-refractivity contribution in [3.63, 3.8) is 0 Å². The third-order valence-electron chi connectivity index (χ3n) is 5.85. The van der Waals surface area contributed by atoms with E-state index in [-0.39, 0.29) is 24.9 Å². The van der Waals surface area contributed by atoms with E-state index in [1.807, 2.05) is 44.2 Å². The first kappa shape index (κ1) is 17.7. The topological polar surface area (TPSA) is 81.1 Å². The Morgan fingerprint density at radius 3 is 2.56 bits per heavy atom. The maximum Gasteiger partial charge on any atom is 0.407 e. The van der Waals surface area contributed by atoms with E-state index < -0.39 is 17.1 Å². The van der Waals surface area contributed by atoms with Gasteiger partial charge in [0.2, 0.25) is 5.91 Å². The molecule has 2 fully saturated rings. The van der Waals surface area contributed by atoms with Gasteiger partial charge in [0.15, 0.2) is 0 Å². The molecule has 2 aliphatic rings. The number of rotatable bonds is 3. The molecule has 2 N–H and O–H groups in total. The van der Waals surface area contributed by atoms with Crippen molar-refractivity contribution in [1.29, 1.82) is 0 Å². The van der Waals surface area contributed by atoms with E-state index in [4.69, 9.17) is 0 Å². The summed E-state index contributed by atoms with van der Waals surface area (Å²) in [4.78, 5) is 26.8. The Morgan fingerprint density at radius 1 is 1.28 bits per heavy atom. The van der Waals surface area contributed by atoms with Gasteiger partial charge in [0.1, 0.15) is 0 Å². The molecule has 25 heavy (non-hydrogen) atoms. The molecule has 2 amide bonds. The van der Waals surface area contributed by atoms with Crippen LogP contribution in [0.25, 0.3) is 0 Å². The number of piperidine rings is 1. The average Bonchev–Trinajstić information content (AvgIpc) is 2.91. The van der Waals surface area contributed by atoms with Crippen LogP contribution in [0.3, 0.4) is 0 Å². The highest BCUT2D eigenvalue weighted by atomic mass is 16.4. The molecule has 3 rings (SSSR count). The van der Waals surface area contributed by atoms with Crippen molar-refractivity contribution >= 4 is 12.0 Å². The number of benzene rings is 1. The van der Waals surface area contributed by atoms with Crippen molar-refractivity contribution < 1.29 is 19.8 Å². The van der Waals surface area contributed by atoms with E-state index in [0.717, 1.165) is 5.56 Å². The summed E-state index contributed by atoms with van der Waals surface area (Å²) in [5, 5.41) is 20.4. The lowest BCUT2D eigenvalue weighted by Crippen LogP contribution is -2.62. The summed E-state index contributed by atoms with van der Waals surface area (Å²) in [6.45, 7) is 5.16. The second kappa shape index (κ2) is 6.33. The molecular formula is C19H26N2O4. The summed E-state index contributed by atoms with van der Waals surface area (Å²) >= 11 is 0. The van der Waals surface area contributed by atoms with Gasteiger partial charge in [-0.2, -0.15) is 0 Å². The fraction of sp³-hybridized carbons (Fsp3) is 0.579. The van der Waals surface area contributed by atoms with Crippen molar-refractivity contribution in [2.24, 2.45) is 5.41 Å². The average molecular weight is 346 g/mol. The Kier molecular flexibility index (Phi) is 4.49. The van der Waals surface area contributed by atoms with Crippen LogP contribution in [-0.4, -0.2) is 63.8 Å². The van der Waals surface area contributed by atoms with E-state index in [1.54, 1.807) is 4.90 Å². The van der Waals surface area contributed by atoms with Crippen LogP contribution in [0.5, 0.6) is 0 Å². The Bertz CT molecular complexity index is 661. The molecule has 2 heterocycles. The quantitative estimate of drug-likeness (QED) is 0.879. The van der Waals surface area contributed by atoms with Gasteiger partial charge >= 0.3 is 6.09 Å². The monoisotopic (exact) mass is 346 g/mol. The fourth-order valence-corrected chi connectivity index (χ4v) is 4.01. The maximum absolute atomic E-state index is 12.5. The Hall–Kier alpha value is -2.08. The lowest BCUT2D eigenvalue weighted by molar-refractivity contribution is -0.145. The van der Waals surface area contributed by atoms with Gasteiger partial charge in [0.05, 0.1) is 12.1 Å². The third-order valence-corrected chi connectivity index (χ3v) is 5.85. The molecule has 1 unspecified atom stereocenters. The SMILES string of the molecule is CC1(C)CN(C(=O)O)CCC1(O)CN1C[C@@H](c2ccccc2)CC1=O. The molecule has 136 valence electrons. The highest BCUT2D eigenvalue weighted by Gasteiger charge is 2.50. The molecule has 1 aromatic rings. The second-order valence-corrected chi connectivity index (χ2v) is 7.96. The lowest BCUT2D eigenvalue weighted by atomic mass is 9.69. The van der Waals surface area contributed by atoms with Crippen LogP contribution in [0.1, 0.15) is 38.2 Å². The van der Waals surface area contributed by atoms with Crippen molar-refractivity contribution in [3.8, 4) is 0 Å². The van der Waals surface area contributed by atoms with Crippen LogP contribution in [0.15, 0.2) is 30.3 Å². The third kappa shape index (κ3) is 3.35. The maximum atomic E-state index is 12.5. The standard InChI is InChI=1S/C19H26N2O4/c1-18(2)12-20(17(23)24)9-8-19(18,25)13-21-11-15(10-16(21)22)14-6-4-3-5-7-14/h3-7,15,25H,8-13H2,1-2H3,(H,23,24)/t15-,19?/m0/s1. The van der Waals surface area contributed by atoms with Gasteiger partial charge in [-0.25, -0.2) is 4.79 Å². The number of hydrogen-bond acceptors (Lipinski definition) is 3. The lowest BCUT2D eigenvalue weighted by Gasteiger charge is -2.50. The van der Waals surface area contributed by atoms with Crippen molar-refractivity contribution in [1.82, 2.24) is 9.80 Å². The normalized spacial score (nSPS) is 29.1. The van der Waals surface area contributed by atoms with Crippen LogP contribution in [0.2, 0.25) is 0 Å². The molecule has 0 bridgehead atoms. The zero-order chi connectivity index (χ0) is 18.2. The minimum Gasteiger partial charge on any atom is -0.465 e. The zero-order valence-corrected chi connectivity index (χ0v) is 14.8. The van der Waals surface area contributed by atoms with Crippen molar-refractivity contribution in [3.05, 3.63) is 35.9 Å². The Labute approximate surface area is 148 Å². The summed E-state index contributed by atoms with van der Waals surface area (Å²) in [7, 11) is 0. The molecule has 6 nitrogen and oxygen atoms in total. The fourth-order valence-electron chi connectivity index (χ4n) is 4.01. The van der Waals surface area contributed by atoms with Crippen LogP contribution in [0.4, 0.5) is 4.79 Å². The number of β-amino-alcohol motifs (C(OH)–C–C–N with tert-alkyl or cyclic N) is 1. The molecular weight excluding hydrogens is 320 g/mol. The minimum atomic E-state index is -1.08. The first-order chi connectivity index (χ1) is 11.7. The largest absolute Gasteiger partial charge is 0.465 e. The van der Waals surface area contributed by atoms with Crippen molar-refractivity contribution in [2.75, 3.05) is 26.2 Å². The van der Waals surface area contributed by atoms with Crippen LogP contribution >= 0.6 is 0 Å². The van der Waals surface area contributed by atoms with E-state index in [9.17, 15) is 19.8 Å². The van der Waals surface area contributed by atoms with E-state index >= 15 is 0 Å². The second-order valence-electron chi connectivity index (χ2n) is 7.96.